The van der Waals surface area contributed by atoms with E-state index in [1.165, 1.54) is 0 Å². The summed E-state index contributed by atoms with van der Waals surface area (Å²) in [6, 6.07) is 1.72. The van der Waals surface area contributed by atoms with Gasteiger partial charge in [-0.2, -0.15) is 13.2 Å². The van der Waals surface area contributed by atoms with Gasteiger partial charge in [0.25, 0.3) is 5.91 Å². The molecule has 0 spiro atoms. The van der Waals surface area contributed by atoms with Crippen molar-refractivity contribution in [1.82, 2.24) is 10.3 Å². The van der Waals surface area contributed by atoms with Crippen LogP contribution >= 0.6 is 0 Å². The standard InChI is InChI=1S/C13H16F3N3O2/c14-13(15,16)10-2-1-9(11(17)20)12(19-10)21-7-8-3-5-18-6-4-8/h1-2,8,18H,3-7H2,(H2,17,20). The summed E-state index contributed by atoms with van der Waals surface area (Å²) in [5, 5.41) is 3.18. The monoisotopic (exact) mass is 303 g/mol. The Balaban J connectivity index is 2.16. The lowest BCUT2D eigenvalue weighted by atomic mass is 9.99. The number of nitrogens with two attached hydrogens (primary N) is 1. The van der Waals surface area contributed by atoms with Crippen LogP contribution in [0.25, 0.3) is 0 Å². The molecule has 0 saturated carbocycles. The number of pyridine rings is 1. The SMILES string of the molecule is NC(=O)c1ccc(C(F)(F)F)nc1OCC1CCNCC1. The minimum absolute atomic E-state index is 0.142. The van der Waals surface area contributed by atoms with Crippen molar-refractivity contribution in [3.8, 4) is 5.88 Å². The molecule has 8 heteroatoms. The second-order valence-corrected chi connectivity index (χ2v) is 4.92. The van der Waals surface area contributed by atoms with E-state index in [9.17, 15) is 18.0 Å². The van der Waals surface area contributed by atoms with E-state index in [1.807, 2.05) is 0 Å². The van der Waals surface area contributed by atoms with Crippen LogP contribution in [0.15, 0.2) is 12.1 Å². The average Bonchev–Trinajstić information content (AvgIpc) is 2.45. The average molecular weight is 303 g/mol. The van der Waals surface area contributed by atoms with Crippen LogP contribution in [-0.2, 0) is 6.18 Å². The molecule has 21 heavy (non-hydrogen) atoms. The molecule has 3 N–H and O–H groups in total. The maximum atomic E-state index is 12.7. The topological polar surface area (TPSA) is 77.2 Å². The number of nitrogens with one attached hydrogen (secondary N) is 1. The van der Waals surface area contributed by atoms with Gasteiger partial charge in [-0.3, -0.25) is 4.79 Å². The lowest BCUT2D eigenvalue weighted by Crippen LogP contribution is -2.31. The number of primary amides is 1. The molecule has 1 aliphatic rings. The minimum Gasteiger partial charge on any atom is -0.477 e. The van der Waals surface area contributed by atoms with Crippen LogP contribution in [0.4, 0.5) is 13.2 Å². The molecule has 1 aromatic rings. The van der Waals surface area contributed by atoms with Crippen LogP contribution < -0.4 is 15.8 Å². The Kier molecular flexibility index (Phi) is 4.66. The van der Waals surface area contributed by atoms with Crippen molar-refractivity contribution in [1.29, 1.82) is 0 Å². The van der Waals surface area contributed by atoms with Crippen molar-refractivity contribution in [2.75, 3.05) is 19.7 Å². The number of rotatable bonds is 4. The molecule has 1 aromatic heterocycles. The van der Waals surface area contributed by atoms with E-state index < -0.39 is 17.8 Å². The highest BCUT2D eigenvalue weighted by atomic mass is 19.4. The number of halogens is 3. The van der Waals surface area contributed by atoms with Gasteiger partial charge in [0.2, 0.25) is 5.88 Å². The van der Waals surface area contributed by atoms with Crippen LogP contribution in [0.2, 0.25) is 0 Å². The quantitative estimate of drug-likeness (QED) is 0.885. The van der Waals surface area contributed by atoms with E-state index in [2.05, 4.69) is 10.3 Å². The smallest absolute Gasteiger partial charge is 0.433 e. The fraction of sp³-hybridized carbons (Fsp3) is 0.538. The third-order valence-electron chi connectivity index (χ3n) is 3.33. The molecular weight excluding hydrogens is 287 g/mol. The van der Waals surface area contributed by atoms with Crippen molar-refractivity contribution in [2.24, 2.45) is 11.7 Å². The van der Waals surface area contributed by atoms with E-state index >= 15 is 0 Å². The third-order valence-corrected chi connectivity index (χ3v) is 3.33. The van der Waals surface area contributed by atoms with Crippen LogP contribution in [0.5, 0.6) is 5.88 Å². The van der Waals surface area contributed by atoms with Crippen molar-refractivity contribution >= 4 is 5.91 Å². The van der Waals surface area contributed by atoms with Gasteiger partial charge in [-0.25, -0.2) is 4.98 Å². The van der Waals surface area contributed by atoms with Crippen LogP contribution in [0.3, 0.4) is 0 Å². The fourth-order valence-corrected chi connectivity index (χ4v) is 2.14. The van der Waals surface area contributed by atoms with E-state index in [-0.39, 0.29) is 24.0 Å². The highest BCUT2D eigenvalue weighted by Crippen LogP contribution is 2.30. The normalized spacial score (nSPS) is 16.7. The van der Waals surface area contributed by atoms with Gasteiger partial charge in [0.05, 0.1) is 6.61 Å². The van der Waals surface area contributed by atoms with E-state index in [4.69, 9.17) is 10.5 Å². The summed E-state index contributed by atoms with van der Waals surface area (Å²) in [6.07, 6.45) is -2.86. The van der Waals surface area contributed by atoms with E-state index in [0.29, 0.717) is 0 Å². The Morgan fingerprint density at radius 1 is 1.38 bits per heavy atom. The number of carbonyl (C=O) groups is 1. The molecule has 2 rings (SSSR count). The van der Waals surface area contributed by atoms with E-state index in [1.54, 1.807) is 0 Å². The lowest BCUT2D eigenvalue weighted by molar-refractivity contribution is -0.141. The molecule has 0 aromatic carbocycles. The van der Waals surface area contributed by atoms with Gasteiger partial charge in [0, 0.05) is 0 Å². The number of aromatic nitrogens is 1. The van der Waals surface area contributed by atoms with Gasteiger partial charge >= 0.3 is 6.18 Å². The van der Waals surface area contributed by atoms with Gasteiger partial charge in [-0.1, -0.05) is 0 Å². The molecule has 1 fully saturated rings. The number of hydrogen-bond acceptors (Lipinski definition) is 4. The van der Waals surface area contributed by atoms with Gasteiger partial charge < -0.3 is 15.8 Å². The van der Waals surface area contributed by atoms with Crippen molar-refractivity contribution in [2.45, 2.75) is 19.0 Å². The van der Waals surface area contributed by atoms with Crippen LogP contribution in [0, 0.1) is 5.92 Å². The number of carbonyl (C=O) groups excluding carboxylic acids is 1. The maximum absolute atomic E-state index is 12.7. The second kappa shape index (κ2) is 6.30. The third kappa shape index (κ3) is 4.07. The van der Waals surface area contributed by atoms with Gasteiger partial charge in [0.1, 0.15) is 11.3 Å². The summed E-state index contributed by atoms with van der Waals surface area (Å²) in [4.78, 5) is 14.6. The summed E-state index contributed by atoms with van der Waals surface area (Å²) in [7, 11) is 0. The lowest BCUT2D eigenvalue weighted by Gasteiger charge is -2.22. The Morgan fingerprint density at radius 3 is 2.62 bits per heavy atom. The first-order chi connectivity index (χ1) is 9.88. The molecule has 0 aliphatic carbocycles. The van der Waals surface area contributed by atoms with Gasteiger partial charge in [-0.15, -0.1) is 0 Å². The molecule has 0 radical (unpaired) electrons. The number of ether oxygens (including phenoxy) is 1. The Bertz CT molecular complexity index is 514. The predicted molar refractivity (Wildman–Crippen MR) is 68.8 cm³/mol. The Labute approximate surface area is 119 Å². The molecule has 0 unspecified atom stereocenters. The molecule has 0 atom stereocenters. The highest BCUT2D eigenvalue weighted by molar-refractivity contribution is 5.95. The molecule has 1 aliphatic heterocycles. The zero-order valence-electron chi connectivity index (χ0n) is 11.2. The minimum atomic E-state index is -4.59. The van der Waals surface area contributed by atoms with Crippen molar-refractivity contribution in [3.63, 3.8) is 0 Å². The molecule has 1 saturated heterocycles. The van der Waals surface area contributed by atoms with Crippen LogP contribution in [0.1, 0.15) is 28.9 Å². The molecule has 5 nitrogen and oxygen atoms in total. The van der Waals surface area contributed by atoms with Gasteiger partial charge in [-0.05, 0) is 44.0 Å². The zero-order chi connectivity index (χ0) is 15.5. The number of nitrogens with zero attached hydrogens (tertiary/aromatic N) is 1. The van der Waals surface area contributed by atoms with Gasteiger partial charge in [0.15, 0.2) is 0 Å². The molecule has 2 heterocycles. The maximum Gasteiger partial charge on any atom is 0.433 e. The Hall–Kier alpha value is -1.83. The van der Waals surface area contributed by atoms with Crippen molar-refractivity contribution < 1.29 is 22.7 Å². The Morgan fingerprint density at radius 2 is 2.05 bits per heavy atom. The summed E-state index contributed by atoms with van der Waals surface area (Å²) in [5.41, 5.74) is 3.89. The summed E-state index contributed by atoms with van der Waals surface area (Å²) < 4.78 is 43.3. The zero-order valence-corrected chi connectivity index (χ0v) is 11.2. The second-order valence-electron chi connectivity index (χ2n) is 4.92. The van der Waals surface area contributed by atoms with Crippen molar-refractivity contribution in [3.05, 3.63) is 23.4 Å². The first-order valence-electron chi connectivity index (χ1n) is 6.59. The first kappa shape index (κ1) is 15.6. The number of hydrogen-bond donors (Lipinski definition) is 2. The predicted octanol–water partition coefficient (Wildman–Crippen LogP) is 1.58. The fourth-order valence-electron chi connectivity index (χ4n) is 2.14. The molecule has 0 bridgehead atoms. The first-order valence-corrected chi connectivity index (χ1v) is 6.59. The number of amides is 1. The molecule has 1 amide bonds. The summed E-state index contributed by atoms with van der Waals surface area (Å²) >= 11 is 0. The molecule has 116 valence electrons. The number of alkyl halides is 3. The largest absolute Gasteiger partial charge is 0.477 e. The highest BCUT2D eigenvalue weighted by Gasteiger charge is 2.33. The number of piperidine rings is 1. The summed E-state index contributed by atoms with van der Waals surface area (Å²) in [6.45, 7) is 1.90. The van der Waals surface area contributed by atoms with E-state index in [0.717, 1.165) is 38.1 Å². The van der Waals surface area contributed by atoms with Crippen LogP contribution in [-0.4, -0.2) is 30.6 Å². The summed E-state index contributed by atoms with van der Waals surface area (Å²) in [5.74, 6) is -0.990. The molecular formula is C13H16F3N3O2.